The molecule has 1 N–H and O–H groups in total. The molecule has 0 bridgehead atoms. The molecule has 19 heavy (non-hydrogen) atoms. The Kier molecular flexibility index (Phi) is 3.66. The van der Waals surface area contributed by atoms with Gasteiger partial charge in [-0.3, -0.25) is 0 Å². The van der Waals surface area contributed by atoms with E-state index in [1.54, 1.807) is 0 Å². The molecule has 0 atom stereocenters. The molecule has 2 aliphatic heterocycles. The molecule has 0 aliphatic carbocycles. The summed E-state index contributed by atoms with van der Waals surface area (Å²) in [7, 11) is 0. The van der Waals surface area contributed by atoms with E-state index >= 15 is 0 Å². The highest BCUT2D eigenvalue weighted by atomic mass is 15.3. The van der Waals surface area contributed by atoms with Crippen LogP contribution >= 0.6 is 0 Å². The van der Waals surface area contributed by atoms with E-state index in [2.05, 4.69) is 31.9 Å². The van der Waals surface area contributed by atoms with Crippen molar-refractivity contribution < 1.29 is 0 Å². The summed E-state index contributed by atoms with van der Waals surface area (Å²) in [4.78, 5) is 7.06. The maximum absolute atomic E-state index is 4.72. The monoisotopic (exact) mass is 262 g/mol. The van der Waals surface area contributed by atoms with Gasteiger partial charge in [-0.2, -0.15) is 0 Å². The van der Waals surface area contributed by atoms with E-state index in [-0.39, 0.29) is 0 Å². The number of nitrogens with zero attached hydrogens (tertiary/aromatic N) is 5. The molecule has 0 spiro atoms. The topological polar surface area (TPSA) is 58.3 Å². The second-order valence-corrected chi connectivity index (χ2v) is 5.15. The number of likely N-dealkylation sites (tertiary alicyclic amines) is 1. The number of hydrogen-bond acceptors (Lipinski definition) is 3. The van der Waals surface area contributed by atoms with Crippen LogP contribution in [0.25, 0.3) is 0 Å². The molecule has 0 amide bonds. The number of aromatic nitrogens is 3. The van der Waals surface area contributed by atoms with Crippen molar-refractivity contribution >= 4 is 5.96 Å². The number of hydrogen-bond donors (Lipinski definition) is 1. The molecule has 3 heterocycles. The molecule has 1 aromatic heterocycles. The van der Waals surface area contributed by atoms with Crippen molar-refractivity contribution in [2.45, 2.75) is 45.7 Å². The number of guanidine groups is 1. The lowest BCUT2D eigenvalue weighted by molar-refractivity contribution is 0.492. The lowest BCUT2D eigenvalue weighted by atomic mass is 10.4. The summed E-state index contributed by atoms with van der Waals surface area (Å²) < 4.78 is 2.22. The highest BCUT2D eigenvalue weighted by molar-refractivity contribution is 5.80. The van der Waals surface area contributed by atoms with E-state index in [0.717, 1.165) is 50.2 Å². The van der Waals surface area contributed by atoms with Crippen LogP contribution in [0.15, 0.2) is 4.99 Å². The first-order valence-electron chi connectivity index (χ1n) is 7.32. The second kappa shape index (κ2) is 5.59. The first-order chi connectivity index (χ1) is 9.38. The van der Waals surface area contributed by atoms with Crippen LogP contribution in [0.5, 0.6) is 0 Å². The SMILES string of the molecule is CCNC(=NCc1nnc2n1CCC2)N1CCCC1. The van der Waals surface area contributed by atoms with E-state index in [1.807, 2.05) is 0 Å². The van der Waals surface area contributed by atoms with Gasteiger partial charge in [-0.25, -0.2) is 4.99 Å². The molecule has 6 heteroatoms. The van der Waals surface area contributed by atoms with E-state index in [0.29, 0.717) is 6.54 Å². The first kappa shape index (κ1) is 12.4. The quantitative estimate of drug-likeness (QED) is 0.646. The number of aliphatic imine (C=N–C) groups is 1. The standard InChI is InChI=1S/C13H22N6/c1-2-14-13(18-7-3-4-8-18)15-10-12-17-16-11-6-5-9-19(11)12/h2-10H2,1H3,(H,14,15). The van der Waals surface area contributed by atoms with Crippen molar-refractivity contribution in [3.63, 3.8) is 0 Å². The zero-order valence-electron chi connectivity index (χ0n) is 11.6. The van der Waals surface area contributed by atoms with Gasteiger partial charge in [-0.1, -0.05) is 0 Å². The summed E-state index contributed by atoms with van der Waals surface area (Å²) in [6.45, 7) is 6.93. The Labute approximate surface area is 113 Å². The van der Waals surface area contributed by atoms with Crippen LogP contribution in [0.3, 0.4) is 0 Å². The summed E-state index contributed by atoms with van der Waals surface area (Å²) in [6.07, 6.45) is 4.78. The number of nitrogens with one attached hydrogen (secondary N) is 1. The molecular weight excluding hydrogens is 240 g/mol. The molecule has 1 aromatic rings. The van der Waals surface area contributed by atoms with Gasteiger partial charge >= 0.3 is 0 Å². The first-order valence-corrected chi connectivity index (χ1v) is 7.32. The van der Waals surface area contributed by atoms with E-state index in [9.17, 15) is 0 Å². The van der Waals surface area contributed by atoms with Gasteiger partial charge in [-0.15, -0.1) is 10.2 Å². The van der Waals surface area contributed by atoms with Crippen molar-refractivity contribution in [2.24, 2.45) is 4.99 Å². The van der Waals surface area contributed by atoms with Gasteiger partial charge in [0, 0.05) is 32.6 Å². The summed E-state index contributed by atoms with van der Waals surface area (Å²) in [5, 5.41) is 11.9. The van der Waals surface area contributed by atoms with Crippen molar-refractivity contribution in [3.8, 4) is 0 Å². The van der Waals surface area contributed by atoms with Crippen LogP contribution < -0.4 is 5.32 Å². The predicted molar refractivity (Wildman–Crippen MR) is 74.0 cm³/mol. The minimum absolute atomic E-state index is 0.631. The van der Waals surface area contributed by atoms with Crippen molar-refractivity contribution in [1.29, 1.82) is 0 Å². The largest absolute Gasteiger partial charge is 0.357 e. The summed E-state index contributed by atoms with van der Waals surface area (Å²) >= 11 is 0. The van der Waals surface area contributed by atoms with Crippen LogP contribution in [0.1, 0.15) is 37.8 Å². The fourth-order valence-corrected chi connectivity index (χ4v) is 2.83. The van der Waals surface area contributed by atoms with E-state index in [4.69, 9.17) is 4.99 Å². The Morgan fingerprint density at radius 2 is 2.05 bits per heavy atom. The van der Waals surface area contributed by atoms with Crippen molar-refractivity contribution in [2.75, 3.05) is 19.6 Å². The molecule has 0 aromatic carbocycles. The van der Waals surface area contributed by atoms with Gasteiger partial charge in [0.05, 0.1) is 0 Å². The highest BCUT2D eigenvalue weighted by Gasteiger charge is 2.18. The maximum atomic E-state index is 4.72. The third-order valence-electron chi connectivity index (χ3n) is 3.80. The van der Waals surface area contributed by atoms with Gasteiger partial charge in [0.25, 0.3) is 0 Å². The van der Waals surface area contributed by atoms with Gasteiger partial charge in [0.1, 0.15) is 12.4 Å². The van der Waals surface area contributed by atoms with Gasteiger partial charge < -0.3 is 14.8 Å². The maximum Gasteiger partial charge on any atom is 0.194 e. The van der Waals surface area contributed by atoms with Gasteiger partial charge in [0.15, 0.2) is 11.8 Å². The zero-order chi connectivity index (χ0) is 13.1. The molecule has 6 nitrogen and oxygen atoms in total. The Balaban J connectivity index is 1.71. The summed E-state index contributed by atoms with van der Waals surface area (Å²) in [6, 6.07) is 0. The zero-order valence-corrected chi connectivity index (χ0v) is 11.6. The normalized spacial score (nSPS) is 19.0. The van der Waals surface area contributed by atoms with E-state index in [1.165, 1.54) is 19.3 Å². The lowest BCUT2D eigenvalue weighted by Crippen LogP contribution is -2.39. The summed E-state index contributed by atoms with van der Waals surface area (Å²) in [5.41, 5.74) is 0. The van der Waals surface area contributed by atoms with Crippen LogP contribution in [0, 0.1) is 0 Å². The Bertz CT molecular complexity index is 458. The number of fused-ring (bicyclic) bond motifs is 1. The van der Waals surface area contributed by atoms with Crippen LogP contribution in [-0.4, -0.2) is 45.3 Å². The lowest BCUT2D eigenvalue weighted by Gasteiger charge is -2.20. The second-order valence-electron chi connectivity index (χ2n) is 5.15. The molecule has 0 radical (unpaired) electrons. The average Bonchev–Trinajstić information content (AvgIpc) is 3.12. The van der Waals surface area contributed by atoms with Crippen LogP contribution in [0.4, 0.5) is 0 Å². The van der Waals surface area contributed by atoms with Gasteiger partial charge in [0.2, 0.25) is 0 Å². The Hall–Kier alpha value is -1.59. The molecule has 1 fully saturated rings. The van der Waals surface area contributed by atoms with Crippen LogP contribution in [-0.2, 0) is 19.5 Å². The Morgan fingerprint density at radius 1 is 1.21 bits per heavy atom. The molecular formula is C13H22N6. The third kappa shape index (κ3) is 2.57. The smallest absolute Gasteiger partial charge is 0.194 e. The molecule has 104 valence electrons. The van der Waals surface area contributed by atoms with E-state index < -0.39 is 0 Å². The Morgan fingerprint density at radius 3 is 2.84 bits per heavy atom. The average molecular weight is 262 g/mol. The predicted octanol–water partition coefficient (Wildman–Crippen LogP) is 0.786. The minimum Gasteiger partial charge on any atom is -0.357 e. The number of aryl methyl sites for hydroxylation is 1. The fraction of sp³-hybridized carbons (Fsp3) is 0.769. The fourth-order valence-electron chi connectivity index (χ4n) is 2.83. The number of rotatable bonds is 3. The molecule has 0 unspecified atom stereocenters. The highest BCUT2D eigenvalue weighted by Crippen LogP contribution is 2.15. The summed E-state index contributed by atoms with van der Waals surface area (Å²) in [5.74, 6) is 3.15. The molecule has 0 saturated carbocycles. The molecule has 3 rings (SSSR count). The van der Waals surface area contributed by atoms with Crippen molar-refractivity contribution in [1.82, 2.24) is 25.0 Å². The molecule has 1 saturated heterocycles. The van der Waals surface area contributed by atoms with Crippen LogP contribution in [0.2, 0.25) is 0 Å². The van der Waals surface area contributed by atoms with Crippen molar-refractivity contribution in [3.05, 3.63) is 11.6 Å². The van der Waals surface area contributed by atoms with Gasteiger partial charge in [-0.05, 0) is 26.2 Å². The molecule has 2 aliphatic rings. The minimum atomic E-state index is 0.631. The third-order valence-corrected chi connectivity index (χ3v) is 3.80.